The van der Waals surface area contributed by atoms with E-state index in [0.29, 0.717) is 19.8 Å². The Hall–Kier alpha value is -1.43. The molecule has 5 nitrogen and oxygen atoms in total. The maximum Gasteiger partial charge on any atom is 0.314 e. The van der Waals surface area contributed by atoms with Crippen molar-refractivity contribution in [2.45, 2.75) is 12.3 Å². The lowest BCUT2D eigenvalue weighted by molar-refractivity contribution is -0.146. The van der Waals surface area contributed by atoms with Crippen molar-refractivity contribution in [1.29, 1.82) is 0 Å². The molecule has 0 fully saturated rings. The van der Waals surface area contributed by atoms with Gasteiger partial charge in [-0.3, -0.25) is 4.79 Å². The van der Waals surface area contributed by atoms with Crippen molar-refractivity contribution in [3.63, 3.8) is 0 Å². The average molecular weight is 281 g/mol. The van der Waals surface area contributed by atoms with Crippen LogP contribution in [0.15, 0.2) is 30.3 Å². The van der Waals surface area contributed by atoms with Crippen LogP contribution in [0.4, 0.5) is 0 Å². The van der Waals surface area contributed by atoms with E-state index >= 15 is 0 Å². The van der Waals surface area contributed by atoms with Gasteiger partial charge in [0.2, 0.25) is 0 Å². The first-order valence-electron chi connectivity index (χ1n) is 6.78. The number of carbonyl (C=O) groups is 1. The van der Waals surface area contributed by atoms with Crippen LogP contribution >= 0.6 is 0 Å². The van der Waals surface area contributed by atoms with Crippen molar-refractivity contribution in [2.75, 3.05) is 40.1 Å². The number of hydrogen-bond donors (Lipinski definition) is 1. The Morgan fingerprint density at radius 1 is 1.15 bits per heavy atom. The first-order chi connectivity index (χ1) is 9.79. The van der Waals surface area contributed by atoms with Crippen LogP contribution in [0.5, 0.6) is 0 Å². The second kappa shape index (κ2) is 10.4. The molecule has 1 rings (SSSR count). The summed E-state index contributed by atoms with van der Waals surface area (Å²) in [4.78, 5) is 11.9. The maximum absolute atomic E-state index is 11.9. The van der Waals surface area contributed by atoms with Crippen LogP contribution < -0.4 is 5.73 Å². The fraction of sp³-hybridized carbons (Fsp3) is 0.533. The predicted molar refractivity (Wildman–Crippen MR) is 76.5 cm³/mol. The highest BCUT2D eigenvalue weighted by Crippen LogP contribution is 2.15. The number of carbonyl (C=O) groups excluding carboxylic acids is 1. The van der Waals surface area contributed by atoms with E-state index in [1.165, 1.54) is 0 Å². The van der Waals surface area contributed by atoms with Crippen molar-refractivity contribution in [1.82, 2.24) is 0 Å². The molecule has 1 atom stereocenters. The van der Waals surface area contributed by atoms with Gasteiger partial charge in [0.1, 0.15) is 6.61 Å². The summed E-state index contributed by atoms with van der Waals surface area (Å²) in [5, 5.41) is 0. The van der Waals surface area contributed by atoms with Crippen LogP contribution in [0.2, 0.25) is 0 Å². The summed E-state index contributed by atoms with van der Waals surface area (Å²) < 4.78 is 15.4. The molecule has 1 unspecified atom stereocenters. The van der Waals surface area contributed by atoms with Gasteiger partial charge in [-0.2, -0.15) is 0 Å². The molecule has 0 saturated carbocycles. The standard InChI is InChI=1S/C15H23NO4/c1-18-8-5-9-19-10-11-20-15(17)14(12-16)13-6-3-2-4-7-13/h2-4,6-7,14H,5,8-12,16H2,1H3. The Balaban J connectivity index is 2.24. The number of nitrogens with two attached hydrogens (primary N) is 1. The number of methoxy groups -OCH3 is 1. The highest BCUT2D eigenvalue weighted by molar-refractivity contribution is 5.78. The fourth-order valence-corrected chi connectivity index (χ4v) is 1.76. The van der Waals surface area contributed by atoms with E-state index in [4.69, 9.17) is 19.9 Å². The number of rotatable bonds is 10. The number of benzene rings is 1. The van der Waals surface area contributed by atoms with Gasteiger partial charge in [-0.15, -0.1) is 0 Å². The van der Waals surface area contributed by atoms with Crippen molar-refractivity contribution in [2.24, 2.45) is 5.73 Å². The van der Waals surface area contributed by atoms with E-state index in [1.807, 2.05) is 30.3 Å². The number of ether oxygens (including phenoxy) is 3. The van der Waals surface area contributed by atoms with E-state index in [1.54, 1.807) is 7.11 Å². The lowest BCUT2D eigenvalue weighted by Crippen LogP contribution is -2.25. The quantitative estimate of drug-likeness (QED) is 0.517. The minimum Gasteiger partial charge on any atom is -0.463 e. The number of hydrogen-bond acceptors (Lipinski definition) is 5. The molecule has 0 aliphatic rings. The molecule has 0 spiro atoms. The van der Waals surface area contributed by atoms with Crippen molar-refractivity contribution >= 4 is 5.97 Å². The molecular formula is C15H23NO4. The Bertz CT molecular complexity index is 369. The molecule has 1 aromatic rings. The Morgan fingerprint density at radius 2 is 1.90 bits per heavy atom. The second-order valence-electron chi connectivity index (χ2n) is 4.33. The van der Waals surface area contributed by atoms with Gasteiger partial charge >= 0.3 is 5.97 Å². The first kappa shape index (κ1) is 16.6. The van der Waals surface area contributed by atoms with Gasteiger partial charge in [0, 0.05) is 26.9 Å². The van der Waals surface area contributed by atoms with E-state index in [-0.39, 0.29) is 19.1 Å². The lowest BCUT2D eigenvalue weighted by Gasteiger charge is -2.14. The first-order valence-corrected chi connectivity index (χ1v) is 6.78. The topological polar surface area (TPSA) is 70.8 Å². The molecule has 1 aromatic carbocycles. The lowest BCUT2D eigenvalue weighted by atomic mass is 10.00. The molecule has 0 aromatic heterocycles. The monoisotopic (exact) mass is 281 g/mol. The van der Waals surface area contributed by atoms with E-state index in [2.05, 4.69) is 0 Å². The third kappa shape index (κ3) is 6.14. The van der Waals surface area contributed by atoms with Crippen LogP contribution in [0, 0.1) is 0 Å². The zero-order valence-electron chi connectivity index (χ0n) is 11.9. The summed E-state index contributed by atoms with van der Waals surface area (Å²) in [6.45, 7) is 2.14. The summed E-state index contributed by atoms with van der Waals surface area (Å²) >= 11 is 0. The maximum atomic E-state index is 11.9. The van der Waals surface area contributed by atoms with Gasteiger partial charge in [-0.05, 0) is 12.0 Å². The van der Waals surface area contributed by atoms with Crippen LogP contribution in [0.25, 0.3) is 0 Å². The molecule has 0 aliphatic heterocycles. The van der Waals surface area contributed by atoms with Crippen LogP contribution in [-0.4, -0.2) is 46.1 Å². The minimum absolute atomic E-state index is 0.234. The average Bonchev–Trinajstić information content (AvgIpc) is 2.48. The van der Waals surface area contributed by atoms with E-state index in [9.17, 15) is 4.79 Å². The molecule has 0 amide bonds. The molecule has 112 valence electrons. The van der Waals surface area contributed by atoms with Crippen molar-refractivity contribution in [3.05, 3.63) is 35.9 Å². The molecule has 0 heterocycles. The Morgan fingerprint density at radius 3 is 2.55 bits per heavy atom. The summed E-state index contributed by atoms with van der Waals surface area (Å²) in [6, 6.07) is 9.41. The molecule has 0 radical (unpaired) electrons. The predicted octanol–water partition coefficient (Wildman–Crippen LogP) is 1.33. The van der Waals surface area contributed by atoms with Crippen LogP contribution in [0.1, 0.15) is 17.9 Å². The SMILES string of the molecule is COCCCOCCOC(=O)C(CN)c1ccccc1. The normalized spacial score (nSPS) is 12.1. The molecule has 0 bridgehead atoms. The van der Waals surface area contributed by atoms with Gasteiger partial charge in [-0.25, -0.2) is 0 Å². The summed E-state index contributed by atoms with van der Waals surface area (Å²) in [7, 11) is 1.65. The summed E-state index contributed by atoms with van der Waals surface area (Å²) in [5.74, 6) is -0.719. The van der Waals surface area contributed by atoms with E-state index < -0.39 is 5.92 Å². The third-order valence-electron chi connectivity index (χ3n) is 2.83. The molecule has 20 heavy (non-hydrogen) atoms. The van der Waals surface area contributed by atoms with E-state index in [0.717, 1.165) is 12.0 Å². The van der Waals surface area contributed by atoms with Crippen molar-refractivity contribution < 1.29 is 19.0 Å². The molecule has 2 N–H and O–H groups in total. The second-order valence-corrected chi connectivity index (χ2v) is 4.33. The molecule has 5 heteroatoms. The Kier molecular flexibility index (Phi) is 8.62. The Labute approximate surface area is 120 Å². The largest absolute Gasteiger partial charge is 0.463 e. The van der Waals surface area contributed by atoms with Gasteiger partial charge in [0.25, 0.3) is 0 Å². The highest BCUT2D eigenvalue weighted by Gasteiger charge is 2.20. The van der Waals surface area contributed by atoms with Gasteiger partial charge in [-0.1, -0.05) is 30.3 Å². The summed E-state index contributed by atoms with van der Waals surface area (Å²) in [5.41, 5.74) is 6.52. The smallest absolute Gasteiger partial charge is 0.314 e. The highest BCUT2D eigenvalue weighted by atomic mass is 16.6. The molecule has 0 saturated heterocycles. The zero-order chi connectivity index (χ0) is 14.6. The number of esters is 1. The van der Waals surface area contributed by atoms with Gasteiger partial charge in [0.15, 0.2) is 0 Å². The van der Waals surface area contributed by atoms with Gasteiger partial charge in [0.05, 0.1) is 12.5 Å². The summed E-state index contributed by atoms with van der Waals surface area (Å²) in [6.07, 6.45) is 0.833. The fourth-order valence-electron chi connectivity index (χ4n) is 1.76. The zero-order valence-corrected chi connectivity index (χ0v) is 11.9. The van der Waals surface area contributed by atoms with Crippen molar-refractivity contribution in [3.8, 4) is 0 Å². The van der Waals surface area contributed by atoms with Crippen LogP contribution in [0.3, 0.4) is 0 Å². The molecule has 0 aliphatic carbocycles. The molecular weight excluding hydrogens is 258 g/mol. The van der Waals surface area contributed by atoms with Crippen LogP contribution in [-0.2, 0) is 19.0 Å². The third-order valence-corrected chi connectivity index (χ3v) is 2.83. The van der Waals surface area contributed by atoms with Gasteiger partial charge < -0.3 is 19.9 Å². The minimum atomic E-state index is -0.412.